The summed E-state index contributed by atoms with van der Waals surface area (Å²) in [4.78, 5) is 11.5. The lowest BCUT2D eigenvalue weighted by Crippen LogP contribution is -2.05. The fourth-order valence-electron chi connectivity index (χ4n) is 1.33. The maximum Gasteiger partial charge on any atom is 0.338 e. The first-order chi connectivity index (χ1) is 7.67. The molecule has 0 saturated carbocycles. The number of nitrogens with zero attached hydrogens (tertiary/aromatic N) is 1. The summed E-state index contributed by atoms with van der Waals surface area (Å²) < 4.78 is 5.92. The van der Waals surface area contributed by atoms with Crippen LogP contribution in [0.15, 0.2) is 18.2 Å². The van der Waals surface area contributed by atoms with Crippen molar-refractivity contribution in [2.24, 2.45) is 0 Å². The van der Waals surface area contributed by atoms with E-state index in [9.17, 15) is 4.79 Å². The van der Waals surface area contributed by atoms with Crippen LogP contribution in [0, 0.1) is 14.9 Å². The molecule has 0 aromatic heterocycles. The molecule has 0 atom stereocenters. The second-order valence-corrected chi connectivity index (χ2v) is 4.47. The first-order valence-electron chi connectivity index (χ1n) is 5.01. The third-order valence-electron chi connectivity index (χ3n) is 1.99. The van der Waals surface area contributed by atoms with Crippen LogP contribution in [0.2, 0.25) is 0 Å². The normalized spacial score (nSPS) is 9.56. The first kappa shape index (κ1) is 13.0. The molecule has 1 aromatic carbocycles. The summed E-state index contributed by atoms with van der Waals surface area (Å²) in [5.74, 6) is -0.306. The summed E-state index contributed by atoms with van der Waals surface area (Å²) in [6.07, 6.45) is 1.13. The van der Waals surface area contributed by atoms with Gasteiger partial charge in [-0.1, -0.05) is 0 Å². The molecule has 0 fully saturated rings. The molecule has 0 aliphatic heterocycles. The number of carbonyl (C=O) groups is 1. The molecular formula is C12H12INO2. The number of carbonyl (C=O) groups excluding carboxylic acids is 1. The third-order valence-corrected chi connectivity index (χ3v) is 2.62. The van der Waals surface area contributed by atoms with Crippen LogP contribution in [0.3, 0.4) is 0 Å². The van der Waals surface area contributed by atoms with Crippen molar-refractivity contribution in [1.82, 2.24) is 0 Å². The maximum atomic E-state index is 11.5. The van der Waals surface area contributed by atoms with Crippen molar-refractivity contribution in [1.29, 1.82) is 5.26 Å². The smallest absolute Gasteiger partial charge is 0.338 e. The summed E-state index contributed by atoms with van der Waals surface area (Å²) in [5.41, 5.74) is 1.55. The van der Waals surface area contributed by atoms with Crippen molar-refractivity contribution in [3.05, 3.63) is 32.9 Å². The van der Waals surface area contributed by atoms with Crippen LogP contribution in [0.1, 0.15) is 29.3 Å². The highest BCUT2D eigenvalue weighted by Crippen LogP contribution is 2.15. The minimum atomic E-state index is -0.306. The van der Waals surface area contributed by atoms with Gasteiger partial charge in [-0.25, -0.2) is 4.79 Å². The summed E-state index contributed by atoms with van der Waals surface area (Å²) in [5, 5.41) is 8.52. The van der Waals surface area contributed by atoms with Gasteiger partial charge in [-0.15, -0.1) is 0 Å². The average molecular weight is 329 g/mol. The second kappa shape index (κ2) is 6.48. The minimum absolute atomic E-state index is 0.306. The lowest BCUT2D eigenvalue weighted by Gasteiger charge is -2.05. The summed E-state index contributed by atoms with van der Waals surface area (Å²) in [6, 6.07) is 7.64. The molecule has 0 heterocycles. The van der Waals surface area contributed by atoms with Gasteiger partial charge >= 0.3 is 5.97 Å². The number of ether oxygens (including phenoxy) is 1. The summed E-state index contributed by atoms with van der Waals surface area (Å²) in [6.45, 7) is 2.15. The molecule has 0 saturated heterocycles. The first-order valence-corrected chi connectivity index (χ1v) is 6.08. The Morgan fingerprint density at radius 3 is 2.88 bits per heavy atom. The summed E-state index contributed by atoms with van der Waals surface area (Å²) in [7, 11) is 0. The van der Waals surface area contributed by atoms with Crippen molar-refractivity contribution in [3.63, 3.8) is 0 Å². The Bertz CT molecular complexity index is 424. The van der Waals surface area contributed by atoms with Gasteiger partial charge < -0.3 is 4.74 Å². The molecule has 1 aromatic rings. The molecule has 0 radical (unpaired) electrons. The number of aryl methyl sites for hydroxylation is 1. The predicted octanol–water partition coefficient (Wildman–Crippen LogP) is 2.92. The molecule has 0 N–H and O–H groups in total. The van der Waals surface area contributed by atoms with E-state index in [0.29, 0.717) is 25.0 Å². The van der Waals surface area contributed by atoms with Crippen molar-refractivity contribution in [2.45, 2.75) is 19.8 Å². The topological polar surface area (TPSA) is 50.1 Å². The predicted molar refractivity (Wildman–Crippen MR) is 69.0 cm³/mol. The number of hydrogen-bond acceptors (Lipinski definition) is 3. The van der Waals surface area contributed by atoms with E-state index in [0.717, 1.165) is 9.13 Å². The Kier molecular flexibility index (Phi) is 5.26. The monoisotopic (exact) mass is 329 g/mol. The van der Waals surface area contributed by atoms with Gasteiger partial charge in [0.2, 0.25) is 0 Å². The van der Waals surface area contributed by atoms with Crippen LogP contribution < -0.4 is 0 Å². The van der Waals surface area contributed by atoms with E-state index in [4.69, 9.17) is 10.00 Å². The zero-order chi connectivity index (χ0) is 12.0. The van der Waals surface area contributed by atoms with Gasteiger partial charge in [0.05, 0.1) is 18.2 Å². The van der Waals surface area contributed by atoms with Crippen LogP contribution in [0.5, 0.6) is 0 Å². The summed E-state index contributed by atoms with van der Waals surface area (Å²) >= 11 is 2.15. The van der Waals surface area contributed by atoms with Crippen molar-refractivity contribution in [2.75, 3.05) is 6.61 Å². The molecule has 4 heteroatoms. The number of esters is 1. The van der Waals surface area contributed by atoms with Crippen LogP contribution >= 0.6 is 22.6 Å². The van der Waals surface area contributed by atoms with Gasteiger partial charge in [0.1, 0.15) is 0 Å². The molecule has 0 amide bonds. The number of rotatable bonds is 4. The SMILES string of the molecule is CCOC(=O)c1cc(I)cc(CCC#N)c1. The average Bonchev–Trinajstić information content (AvgIpc) is 2.26. The van der Waals surface area contributed by atoms with E-state index in [2.05, 4.69) is 28.7 Å². The Labute approximate surface area is 109 Å². The quantitative estimate of drug-likeness (QED) is 0.630. The van der Waals surface area contributed by atoms with Gasteiger partial charge in [-0.2, -0.15) is 5.26 Å². The number of nitriles is 1. The molecule has 0 aliphatic carbocycles. The van der Waals surface area contributed by atoms with Crippen LogP contribution in [0.25, 0.3) is 0 Å². The molecule has 0 aliphatic rings. The second-order valence-electron chi connectivity index (χ2n) is 3.23. The van der Waals surface area contributed by atoms with Crippen molar-refractivity contribution in [3.8, 4) is 6.07 Å². The van der Waals surface area contributed by atoms with E-state index < -0.39 is 0 Å². The van der Waals surface area contributed by atoms with Crippen LogP contribution in [-0.4, -0.2) is 12.6 Å². The molecule has 16 heavy (non-hydrogen) atoms. The van der Waals surface area contributed by atoms with Crippen molar-refractivity contribution < 1.29 is 9.53 Å². The number of hydrogen-bond donors (Lipinski definition) is 0. The maximum absolute atomic E-state index is 11.5. The van der Waals surface area contributed by atoms with E-state index >= 15 is 0 Å². The van der Waals surface area contributed by atoms with Crippen LogP contribution in [-0.2, 0) is 11.2 Å². The Hall–Kier alpha value is -1.09. The van der Waals surface area contributed by atoms with E-state index in [1.54, 1.807) is 19.1 Å². The Balaban J connectivity index is 2.90. The number of benzene rings is 1. The highest BCUT2D eigenvalue weighted by atomic mass is 127. The van der Waals surface area contributed by atoms with Gasteiger partial charge in [0, 0.05) is 9.99 Å². The Morgan fingerprint density at radius 2 is 2.25 bits per heavy atom. The fraction of sp³-hybridized carbons (Fsp3) is 0.333. The molecule has 84 valence electrons. The largest absolute Gasteiger partial charge is 0.462 e. The molecule has 0 unspecified atom stereocenters. The number of halogens is 1. The van der Waals surface area contributed by atoms with Gasteiger partial charge in [-0.05, 0) is 59.7 Å². The lowest BCUT2D eigenvalue weighted by molar-refractivity contribution is 0.0526. The zero-order valence-electron chi connectivity index (χ0n) is 9.00. The van der Waals surface area contributed by atoms with Gasteiger partial charge in [0.15, 0.2) is 0 Å². The molecule has 0 bridgehead atoms. The van der Waals surface area contributed by atoms with E-state index in [1.165, 1.54) is 0 Å². The molecule has 0 spiro atoms. The highest BCUT2D eigenvalue weighted by molar-refractivity contribution is 14.1. The lowest BCUT2D eigenvalue weighted by atomic mass is 10.1. The molecule has 1 rings (SSSR count). The standard InChI is InChI=1S/C12H12INO2/c1-2-16-12(15)10-6-9(4-3-5-14)7-11(13)8-10/h6-8H,2-4H2,1H3. The minimum Gasteiger partial charge on any atom is -0.462 e. The molecule has 3 nitrogen and oxygen atoms in total. The van der Waals surface area contributed by atoms with E-state index in [-0.39, 0.29) is 5.97 Å². The van der Waals surface area contributed by atoms with E-state index in [1.807, 2.05) is 6.07 Å². The highest BCUT2D eigenvalue weighted by Gasteiger charge is 2.08. The zero-order valence-corrected chi connectivity index (χ0v) is 11.2. The third kappa shape index (κ3) is 3.81. The van der Waals surface area contributed by atoms with Crippen LogP contribution in [0.4, 0.5) is 0 Å². The molecular weight excluding hydrogens is 317 g/mol. The fourth-order valence-corrected chi connectivity index (χ4v) is 2.06. The Morgan fingerprint density at radius 1 is 1.50 bits per heavy atom. The van der Waals surface area contributed by atoms with Gasteiger partial charge in [-0.3, -0.25) is 0 Å². The van der Waals surface area contributed by atoms with Gasteiger partial charge in [0.25, 0.3) is 0 Å². The van der Waals surface area contributed by atoms with Crippen molar-refractivity contribution >= 4 is 28.6 Å².